The third kappa shape index (κ3) is 5.77. The van der Waals surface area contributed by atoms with Crippen LogP contribution in [0.25, 0.3) is 12.2 Å². The lowest BCUT2D eigenvalue weighted by atomic mass is 10.1. The molecular weight excluding hydrogens is 364 g/mol. The molecule has 0 aliphatic rings. The molecule has 0 radical (unpaired) electrons. The minimum atomic E-state index is -1.07. The second-order valence-electron chi connectivity index (χ2n) is 5.72. The number of rotatable bonds is 9. The minimum Gasteiger partial charge on any atom is -0.497 e. The van der Waals surface area contributed by atoms with Gasteiger partial charge in [0.25, 0.3) is 0 Å². The predicted molar refractivity (Wildman–Crippen MR) is 104 cm³/mol. The second kappa shape index (κ2) is 10.0. The highest BCUT2D eigenvalue weighted by atomic mass is 16.6. The minimum absolute atomic E-state index is 0.198. The molecule has 0 saturated heterocycles. The average molecular weight is 386 g/mol. The monoisotopic (exact) mass is 386 g/mol. The number of carbonyl (C=O) groups excluding carboxylic acids is 1. The summed E-state index contributed by atoms with van der Waals surface area (Å²) in [7, 11) is 4.56. The molecule has 0 aromatic heterocycles. The van der Waals surface area contributed by atoms with E-state index in [4.69, 9.17) is 24.1 Å². The van der Waals surface area contributed by atoms with E-state index in [9.17, 15) is 9.59 Å². The Balaban J connectivity index is 2.34. The van der Waals surface area contributed by atoms with Crippen molar-refractivity contribution in [2.24, 2.45) is 0 Å². The smallest absolute Gasteiger partial charge is 0.311 e. The largest absolute Gasteiger partial charge is 0.497 e. The molecule has 2 rings (SSSR count). The van der Waals surface area contributed by atoms with Gasteiger partial charge in [0.05, 0.1) is 34.2 Å². The van der Waals surface area contributed by atoms with Crippen molar-refractivity contribution in [2.45, 2.75) is 12.8 Å². The number of carboxylic acids is 1. The zero-order valence-corrected chi connectivity index (χ0v) is 15.9. The first-order valence-electron chi connectivity index (χ1n) is 8.47. The SMILES string of the molecule is COc1ccc(/C=C/c2cc(OC)cc(OC)c2OC(=O)CCC(=O)O)cc1. The number of carbonyl (C=O) groups is 2. The predicted octanol–water partition coefficient (Wildman–Crippen LogP) is 3.65. The van der Waals surface area contributed by atoms with Gasteiger partial charge in [-0.2, -0.15) is 0 Å². The van der Waals surface area contributed by atoms with Gasteiger partial charge in [0.1, 0.15) is 11.5 Å². The van der Waals surface area contributed by atoms with Crippen LogP contribution in [0, 0.1) is 0 Å². The van der Waals surface area contributed by atoms with Gasteiger partial charge in [-0.1, -0.05) is 24.3 Å². The molecule has 7 heteroatoms. The third-order valence-corrected chi connectivity index (χ3v) is 3.84. The first-order valence-corrected chi connectivity index (χ1v) is 8.47. The average Bonchev–Trinajstić information content (AvgIpc) is 2.71. The van der Waals surface area contributed by atoms with Crippen LogP contribution in [0.1, 0.15) is 24.0 Å². The van der Waals surface area contributed by atoms with Gasteiger partial charge in [0.15, 0.2) is 11.5 Å². The van der Waals surface area contributed by atoms with Crippen molar-refractivity contribution in [1.29, 1.82) is 0 Å². The van der Waals surface area contributed by atoms with Gasteiger partial charge in [0.2, 0.25) is 0 Å². The molecule has 2 aromatic rings. The highest BCUT2D eigenvalue weighted by molar-refractivity contribution is 5.82. The van der Waals surface area contributed by atoms with Crippen molar-refractivity contribution in [3.8, 4) is 23.0 Å². The summed E-state index contributed by atoms with van der Waals surface area (Å²) < 4.78 is 21.1. The summed E-state index contributed by atoms with van der Waals surface area (Å²) in [6, 6.07) is 10.7. The van der Waals surface area contributed by atoms with Crippen LogP contribution in [-0.2, 0) is 9.59 Å². The van der Waals surface area contributed by atoms with Crippen LogP contribution in [0.4, 0.5) is 0 Å². The number of hydrogen-bond donors (Lipinski definition) is 1. The Bertz CT molecular complexity index is 854. The molecule has 148 valence electrons. The van der Waals surface area contributed by atoms with E-state index in [1.807, 2.05) is 30.3 Å². The van der Waals surface area contributed by atoms with E-state index in [1.165, 1.54) is 14.2 Å². The molecule has 0 saturated carbocycles. The Morgan fingerprint density at radius 2 is 1.57 bits per heavy atom. The first-order chi connectivity index (χ1) is 13.5. The highest BCUT2D eigenvalue weighted by Crippen LogP contribution is 2.37. The zero-order chi connectivity index (χ0) is 20.5. The lowest BCUT2D eigenvalue weighted by molar-refractivity contribution is -0.142. The number of methoxy groups -OCH3 is 3. The fraction of sp³-hybridized carbons (Fsp3) is 0.238. The molecule has 0 spiro atoms. The molecule has 1 N–H and O–H groups in total. The molecule has 0 fully saturated rings. The summed E-state index contributed by atoms with van der Waals surface area (Å²) >= 11 is 0. The van der Waals surface area contributed by atoms with Crippen LogP contribution in [-0.4, -0.2) is 38.4 Å². The van der Waals surface area contributed by atoms with E-state index < -0.39 is 11.9 Å². The summed E-state index contributed by atoms with van der Waals surface area (Å²) in [6.45, 7) is 0. The summed E-state index contributed by atoms with van der Waals surface area (Å²) in [5.41, 5.74) is 1.46. The number of carboxylic acid groups (broad SMARTS) is 1. The van der Waals surface area contributed by atoms with E-state index in [0.717, 1.165) is 11.3 Å². The summed E-state index contributed by atoms with van der Waals surface area (Å²) in [4.78, 5) is 22.7. The van der Waals surface area contributed by atoms with Crippen molar-refractivity contribution in [2.75, 3.05) is 21.3 Å². The van der Waals surface area contributed by atoms with Crippen LogP contribution in [0.2, 0.25) is 0 Å². The molecule has 0 heterocycles. The topological polar surface area (TPSA) is 91.3 Å². The van der Waals surface area contributed by atoms with E-state index >= 15 is 0 Å². The van der Waals surface area contributed by atoms with Crippen molar-refractivity contribution in [3.63, 3.8) is 0 Å². The zero-order valence-electron chi connectivity index (χ0n) is 15.9. The standard InChI is InChI=1S/C21H22O7/c1-25-16-8-5-14(6-9-16)4-7-15-12-17(26-2)13-18(27-3)21(15)28-20(24)11-10-19(22)23/h4-9,12-13H,10-11H2,1-3H3,(H,22,23)/b7-4+. The lowest BCUT2D eigenvalue weighted by Gasteiger charge is -2.14. The third-order valence-electron chi connectivity index (χ3n) is 3.84. The van der Waals surface area contributed by atoms with Crippen LogP contribution in [0.5, 0.6) is 23.0 Å². The van der Waals surface area contributed by atoms with Crippen LogP contribution >= 0.6 is 0 Å². The summed E-state index contributed by atoms with van der Waals surface area (Å²) in [5.74, 6) is 0.0360. The Morgan fingerprint density at radius 1 is 0.893 bits per heavy atom. The first kappa shape index (κ1) is 20.8. The maximum atomic E-state index is 12.0. The highest BCUT2D eigenvalue weighted by Gasteiger charge is 2.17. The van der Waals surface area contributed by atoms with Gasteiger partial charge < -0.3 is 24.1 Å². The molecular formula is C21H22O7. The van der Waals surface area contributed by atoms with Gasteiger partial charge >= 0.3 is 11.9 Å². The molecule has 0 unspecified atom stereocenters. The molecule has 0 atom stereocenters. The number of aliphatic carboxylic acids is 1. The van der Waals surface area contributed by atoms with E-state index in [0.29, 0.717) is 17.1 Å². The Morgan fingerprint density at radius 3 is 2.14 bits per heavy atom. The van der Waals surface area contributed by atoms with Crippen LogP contribution in [0.3, 0.4) is 0 Å². The molecule has 7 nitrogen and oxygen atoms in total. The van der Waals surface area contributed by atoms with Crippen LogP contribution in [0.15, 0.2) is 36.4 Å². The normalized spacial score (nSPS) is 10.5. The molecule has 0 amide bonds. The van der Waals surface area contributed by atoms with Crippen molar-refractivity contribution in [1.82, 2.24) is 0 Å². The maximum Gasteiger partial charge on any atom is 0.311 e. The number of ether oxygens (including phenoxy) is 4. The number of hydrogen-bond acceptors (Lipinski definition) is 6. The quantitative estimate of drug-likeness (QED) is 0.399. The van der Waals surface area contributed by atoms with Gasteiger partial charge in [0, 0.05) is 11.6 Å². The summed E-state index contributed by atoms with van der Waals surface area (Å²) in [6.07, 6.45) is 3.04. The number of benzene rings is 2. The van der Waals surface area contributed by atoms with E-state index in [1.54, 1.807) is 25.3 Å². The van der Waals surface area contributed by atoms with Gasteiger partial charge in [-0.3, -0.25) is 9.59 Å². The second-order valence-corrected chi connectivity index (χ2v) is 5.72. The summed E-state index contributed by atoms with van der Waals surface area (Å²) in [5, 5.41) is 8.73. The molecule has 2 aromatic carbocycles. The van der Waals surface area contributed by atoms with Crippen molar-refractivity contribution >= 4 is 24.1 Å². The number of esters is 1. The molecule has 0 aliphatic heterocycles. The fourth-order valence-electron chi connectivity index (χ4n) is 2.37. The van der Waals surface area contributed by atoms with E-state index in [-0.39, 0.29) is 18.6 Å². The molecule has 0 aliphatic carbocycles. The van der Waals surface area contributed by atoms with Crippen LogP contribution < -0.4 is 18.9 Å². The fourth-order valence-corrected chi connectivity index (χ4v) is 2.37. The molecule has 28 heavy (non-hydrogen) atoms. The van der Waals surface area contributed by atoms with Gasteiger partial charge in [-0.15, -0.1) is 0 Å². The molecule has 0 bridgehead atoms. The van der Waals surface area contributed by atoms with Gasteiger partial charge in [-0.25, -0.2) is 0 Å². The maximum absolute atomic E-state index is 12.0. The Kier molecular flexibility index (Phi) is 7.45. The Labute approximate surface area is 163 Å². The van der Waals surface area contributed by atoms with Gasteiger partial charge in [-0.05, 0) is 23.8 Å². The van der Waals surface area contributed by atoms with Crippen molar-refractivity contribution in [3.05, 3.63) is 47.5 Å². The van der Waals surface area contributed by atoms with Crippen molar-refractivity contribution < 1.29 is 33.6 Å². The Hall–Kier alpha value is -3.48. The van der Waals surface area contributed by atoms with E-state index in [2.05, 4.69) is 0 Å². The lowest BCUT2D eigenvalue weighted by Crippen LogP contribution is -2.11.